The third-order valence-electron chi connectivity index (χ3n) is 4.20. The summed E-state index contributed by atoms with van der Waals surface area (Å²) >= 11 is 0. The van der Waals surface area contributed by atoms with Crippen LogP contribution in [0.4, 0.5) is 0 Å². The van der Waals surface area contributed by atoms with Gasteiger partial charge in [0.2, 0.25) is 11.8 Å². The molecule has 122 valence electrons. The maximum Gasteiger partial charge on any atom is 0.224 e. The van der Waals surface area contributed by atoms with Crippen molar-refractivity contribution >= 4 is 11.8 Å². The van der Waals surface area contributed by atoms with E-state index in [9.17, 15) is 14.7 Å². The topological polar surface area (TPSA) is 69.6 Å². The molecule has 2 N–H and O–H groups in total. The van der Waals surface area contributed by atoms with E-state index in [1.54, 1.807) is 0 Å². The number of aliphatic hydroxyl groups excluding tert-OH is 1. The van der Waals surface area contributed by atoms with Crippen molar-refractivity contribution in [3.05, 3.63) is 0 Å². The molecule has 0 aromatic rings. The number of piperidine rings is 1. The number of nitrogens with zero attached hydrogens (tertiary/aromatic N) is 1. The number of hydrogen-bond acceptors (Lipinski definition) is 3. The minimum absolute atomic E-state index is 0.0606. The number of carbonyl (C=O) groups excluding carboxylic acids is 2. The van der Waals surface area contributed by atoms with E-state index in [0.717, 1.165) is 32.2 Å². The lowest BCUT2D eigenvalue weighted by atomic mass is 9.89. The maximum atomic E-state index is 12.2. The molecular weight excluding hydrogens is 268 g/mol. The van der Waals surface area contributed by atoms with Gasteiger partial charge in [0, 0.05) is 32.7 Å². The molecule has 0 aliphatic carbocycles. The van der Waals surface area contributed by atoms with Gasteiger partial charge in [0.25, 0.3) is 0 Å². The largest absolute Gasteiger partial charge is 0.396 e. The lowest BCUT2D eigenvalue weighted by molar-refractivity contribution is -0.135. The Morgan fingerprint density at radius 1 is 1.38 bits per heavy atom. The lowest BCUT2D eigenvalue weighted by Gasteiger charge is -2.32. The van der Waals surface area contributed by atoms with Gasteiger partial charge in [-0.3, -0.25) is 9.59 Å². The summed E-state index contributed by atoms with van der Waals surface area (Å²) in [5, 5.41) is 12.2. The van der Waals surface area contributed by atoms with E-state index in [1.807, 2.05) is 25.7 Å². The fraction of sp³-hybridized carbons (Fsp3) is 0.875. The summed E-state index contributed by atoms with van der Waals surface area (Å²) in [5.41, 5.74) is -0.0834. The SMILES string of the molecule is CCC(=O)N1CCCC(C(=O)NCCCC(C)(C)CO)C1. The first-order chi connectivity index (χ1) is 9.89. The molecule has 0 radical (unpaired) electrons. The van der Waals surface area contributed by atoms with Crippen LogP contribution in [-0.2, 0) is 9.59 Å². The molecular formula is C16H30N2O3. The van der Waals surface area contributed by atoms with Crippen LogP contribution in [0.3, 0.4) is 0 Å². The molecule has 1 aliphatic heterocycles. The summed E-state index contributed by atoms with van der Waals surface area (Å²) < 4.78 is 0. The Morgan fingerprint density at radius 3 is 2.71 bits per heavy atom. The molecule has 5 heteroatoms. The van der Waals surface area contributed by atoms with Gasteiger partial charge in [-0.05, 0) is 31.1 Å². The Bertz CT molecular complexity index is 355. The quantitative estimate of drug-likeness (QED) is 0.701. The second-order valence-electron chi connectivity index (χ2n) is 6.75. The number of rotatable bonds is 7. The van der Waals surface area contributed by atoms with Crippen molar-refractivity contribution in [1.82, 2.24) is 10.2 Å². The molecule has 1 aliphatic rings. The maximum absolute atomic E-state index is 12.2. The Labute approximate surface area is 128 Å². The second kappa shape index (κ2) is 8.37. The van der Waals surface area contributed by atoms with E-state index < -0.39 is 0 Å². The van der Waals surface area contributed by atoms with E-state index in [0.29, 0.717) is 19.5 Å². The molecule has 2 amide bonds. The van der Waals surface area contributed by atoms with Crippen LogP contribution in [0.25, 0.3) is 0 Å². The molecule has 1 rings (SSSR count). The minimum atomic E-state index is -0.0834. The molecule has 0 aromatic heterocycles. The van der Waals surface area contributed by atoms with Crippen LogP contribution in [-0.4, -0.2) is 48.1 Å². The number of amides is 2. The van der Waals surface area contributed by atoms with Crippen LogP contribution in [0.5, 0.6) is 0 Å². The molecule has 1 saturated heterocycles. The van der Waals surface area contributed by atoms with E-state index in [1.165, 1.54) is 0 Å². The zero-order valence-corrected chi connectivity index (χ0v) is 13.7. The van der Waals surface area contributed by atoms with Crippen LogP contribution >= 0.6 is 0 Å². The fourth-order valence-electron chi connectivity index (χ4n) is 2.64. The van der Waals surface area contributed by atoms with Crippen LogP contribution < -0.4 is 5.32 Å². The van der Waals surface area contributed by atoms with E-state index in [-0.39, 0.29) is 29.8 Å². The van der Waals surface area contributed by atoms with Crippen molar-refractivity contribution in [2.75, 3.05) is 26.2 Å². The number of aliphatic hydroxyl groups is 1. The Balaban J connectivity index is 2.30. The van der Waals surface area contributed by atoms with Crippen molar-refractivity contribution in [2.45, 2.75) is 52.9 Å². The summed E-state index contributed by atoms with van der Waals surface area (Å²) in [6.45, 7) is 8.03. The van der Waals surface area contributed by atoms with Crippen molar-refractivity contribution in [3.8, 4) is 0 Å². The Morgan fingerprint density at radius 2 is 2.10 bits per heavy atom. The summed E-state index contributed by atoms with van der Waals surface area (Å²) in [6.07, 6.45) is 4.02. The summed E-state index contributed by atoms with van der Waals surface area (Å²) in [7, 11) is 0. The number of carbonyl (C=O) groups is 2. The molecule has 1 unspecified atom stereocenters. The first-order valence-corrected chi connectivity index (χ1v) is 8.06. The molecule has 0 bridgehead atoms. The van der Waals surface area contributed by atoms with E-state index >= 15 is 0 Å². The first kappa shape index (κ1) is 18.0. The number of hydrogen-bond donors (Lipinski definition) is 2. The summed E-state index contributed by atoms with van der Waals surface area (Å²) in [4.78, 5) is 25.7. The zero-order valence-electron chi connectivity index (χ0n) is 13.7. The molecule has 21 heavy (non-hydrogen) atoms. The van der Waals surface area contributed by atoms with Gasteiger partial charge in [-0.1, -0.05) is 20.8 Å². The van der Waals surface area contributed by atoms with Gasteiger partial charge in [0.05, 0.1) is 5.92 Å². The average Bonchev–Trinajstić information content (AvgIpc) is 2.50. The van der Waals surface area contributed by atoms with Crippen LogP contribution in [0.1, 0.15) is 52.9 Å². The lowest BCUT2D eigenvalue weighted by Crippen LogP contribution is -2.45. The molecule has 1 heterocycles. The fourth-order valence-corrected chi connectivity index (χ4v) is 2.64. The van der Waals surface area contributed by atoms with Crippen LogP contribution in [0, 0.1) is 11.3 Å². The van der Waals surface area contributed by atoms with Crippen molar-refractivity contribution < 1.29 is 14.7 Å². The highest BCUT2D eigenvalue weighted by atomic mass is 16.3. The van der Waals surface area contributed by atoms with Crippen molar-refractivity contribution in [2.24, 2.45) is 11.3 Å². The van der Waals surface area contributed by atoms with Crippen molar-refractivity contribution in [1.29, 1.82) is 0 Å². The molecule has 5 nitrogen and oxygen atoms in total. The monoisotopic (exact) mass is 298 g/mol. The highest BCUT2D eigenvalue weighted by Crippen LogP contribution is 2.21. The Hall–Kier alpha value is -1.10. The first-order valence-electron chi connectivity index (χ1n) is 8.06. The highest BCUT2D eigenvalue weighted by Gasteiger charge is 2.27. The Kier molecular flexibility index (Phi) is 7.15. The number of nitrogens with one attached hydrogen (secondary N) is 1. The van der Waals surface area contributed by atoms with Crippen LogP contribution in [0.15, 0.2) is 0 Å². The predicted octanol–water partition coefficient (Wildman–Crippen LogP) is 1.55. The predicted molar refractivity (Wildman–Crippen MR) is 82.7 cm³/mol. The van der Waals surface area contributed by atoms with Gasteiger partial charge < -0.3 is 15.3 Å². The average molecular weight is 298 g/mol. The smallest absolute Gasteiger partial charge is 0.224 e. The van der Waals surface area contributed by atoms with Crippen LogP contribution in [0.2, 0.25) is 0 Å². The summed E-state index contributed by atoms with van der Waals surface area (Å²) in [5.74, 6) is 0.128. The van der Waals surface area contributed by atoms with Gasteiger partial charge in [-0.15, -0.1) is 0 Å². The van der Waals surface area contributed by atoms with Gasteiger partial charge in [-0.2, -0.15) is 0 Å². The van der Waals surface area contributed by atoms with E-state index in [2.05, 4.69) is 5.32 Å². The third-order valence-corrected chi connectivity index (χ3v) is 4.20. The zero-order chi connectivity index (χ0) is 15.9. The number of likely N-dealkylation sites (tertiary alicyclic amines) is 1. The van der Waals surface area contributed by atoms with Crippen molar-refractivity contribution in [3.63, 3.8) is 0 Å². The molecule has 0 saturated carbocycles. The van der Waals surface area contributed by atoms with Gasteiger partial charge in [0.1, 0.15) is 0 Å². The molecule has 0 spiro atoms. The molecule has 1 atom stereocenters. The minimum Gasteiger partial charge on any atom is -0.396 e. The van der Waals surface area contributed by atoms with Gasteiger partial charge in [0.15, 0.2) is 0 Å². The standard InChI is InChI=1S/C16H30N2O3/c1-4-14(20)18-10-5-7-13(11-18)15(21)17-9-6-8-16(2,3)12-19/h13,19H,4-12H2,1-3H3,(H,17,21). The van der Waals surface area contributed by atoms with Gasteiger partial charge in [-0.25, -0.2) is 0 Å². The third kappa shape index (κ3) is 6.04. The molecule has 1 fully saturated rings. The second-order valence-corrected chi connectivity index (χ2v) is 6.75. The normalized spacial score (nSPS) is 19.4. The van der Waals surface area contributed by atoms with E-state index in [4.69, 9.17) is 0 Å². The molecule has 0 aromatic carbocycles. The summed E-state index contributed by atoms with van der Waals surface area (Å²) in [6, 6.07) is 0. The highest BCUT2D eigenvalue weighted by molar-refractivity contribution is 5.81. The van der Waals surface area contributed by atoms with Gasteiger partial charge >= 0.3 is 0 Å².